The van der Waals surface area contributed by atoms with Crippen molar-refractivity contribution in [2.75, 3.05) is 53.9 Å². The zero-order valence-electron chi connectivity index (χ0n) is 37.2. The first-order valence-corrected chi connectivity index (χ1v) is 22.3. The van der Waals surface area contributed by atoms with Crippen molar-refractivity contribution in [2.45, 2.75) is 184 Å². The van der Waals surface area contributed by atoms with Crippen LogP contribution in [0.5, 0.6) is 0 Å². The van der Waals surface area contributed by atoms with E-state index in [1.54, 1.807) is 0 Å². The van der Waals surface area contributed by atoms with Gasteiger partial charge in [-0.15, -0.1) is 0 Å². The molecular formula is C39H68O30. The molecule has 0 aromatic carbocycles. The van der Waals surface area contributed by atoms with Crippen molar-refractivity contribution >= 4 is 0 Å². The molecule has 30 unspecified atom stereocenters. The number of hydrogen-bond acceptors (Lipinski definition) is 30. The molecule has 5 saturated heterocycles. The smallest absolute Gasteiger partial charge is 0.187 e. The Kier molecular flexibility index (Phi) is 20.6. The van der Waals surface area contributed by atoms with Crippen LogP contribution < -0.4 is 0 Å². The normalized spacial score (nSPS) is 52.2. The summed E-state index contributed by atoms with van der Waals surface area (Å²) in [6.07, 6.45) is -50.7. The predicted octanol–water partition coefficient (Wildman–Crippen LogP) is -12.1. The van der Waals surface area contributed by atoms with Crippen molar-refractivity contribution in [1.82, 2.24) is 0 Å². The molecule has 1 aliphatic carbocycles. The Hall–Kier alpha value is -1.20. The van der Waals surface area contributed by atoms with Crippen LogP contribution in [-0.4, -0.2) is 324 Å². The van der Waals surface area contributed by atoms with E-state index in [-0.39, 0.29) is 6.42 Å². The van der Waals surface area contributed by atoms with Gasteiger partial charge in [-0.05, 0) is 6.42 Å². The minimum absolute atomic E-state index is 0.127. The quantitative estimate of drug-likeness (QED) is 0.0606. The van der Waals surface area contributed by atoms with Gasteiger partial charge in [-0.25, -0.2) is 0 Å². The molecule has 404 valence electrons. The van der Waals surface area contributed by atoms with Gasteiger partial charge in [0.25, 0.3) is 0 Å². The van der Waals surface area contributed by atoms with Crippen LogP contribution in [0.1, 0.15) is 6.42 Å². The lowest BCUT2D eigenvalue weighted by atomic mass is 9.81. The second-order valence-corrected chi connectivity index (χ2v) is 17.7. The van der Waals surface area contributed by atoms with Crippen LogP contribution in [0.3, 0.4) is 0 Å². The number of aliphatic hydroxyl groups excluding tert-OH is 18. The topological polar surface area (TPSA) is 475 Å². The third-order valence-corrected chi connectivity index (χ3v) is 13.4. The number of rotatable bonds is 18. The van der Waals surface area contributed by atoms with Crippen LogP contribution in [0.25, 0.3) is 0 Å². The molecule has 0 bridgehead atoms. The van der Waals surface area contributed by atoms with Gasteiger partial charge in [0, 0.05) is 26.7 Å². The molecule has 30 atom stereocenters. The van der Waals surface area contributed by atoms with E-state index < -0.39 is 224 Å². The second-order valence-electron chi connectivity index (χ2n) is 17.7. The van der Waals surface area contributed by atoms with Gasteiger partial charge < -0.3 is 149 Å². The van der Waals surface area contributed by atoms with Crippen molar-refractivity contribution in [3.8, 4) is 0 Å². The molecule has 6 fully saturated rings. The monoisotopic (exact) mass is 1020 g/mol. The molecule has 1 saturated carbocycles. The van der Waals surface area contributed by atoms with Crippen LogP contribution >= 0.6 is 0 Å². The Morgan fingerprint density at radius 3 is 0.986 bits per heavy atom. The van der Waals surface area contributed by atoms with E-state index in [1.165, 1.54) is 7.11 Å². The summed E-state index contributed by atoms with van der Waals surface area (Å²) in [4.78, 5) is 0. The number of aliphatic hydroxyl groups is 18. The number of hydrogen-bond donors (Lipinski definition) is 18. The number of ether oxygens (including phenoxy) is 12. The van der Waals surface area contributed by atoms with Crippen molar-refractivity contribution in [3.63, 3.8) is 0 Å². The molecule has 30 nitrogen and oxygen atoms in total. The molecule has 30 heteroatoms. The maximum Gasteiger partial charge on any atom is 0.187 e. The predicted molar refractivity (Wildman–Crippen MR) is 212 cm³/mol. The summed E-state index contributed by atoms with van der Waals surface area (Å²) in [6.45, 7) is -4.73. The number of methoxy groups -OCH3 is 2. The summed E-state index contributed by atoms with van der Waals surface area (Å²) in [5, 5.41) is 191. The summed E-state index contributed by atoms with van der Waals surface area (Å²) in [7, 11) is 2.34. The van der Waals surface area contributed by atoms with Gasteiger partial charge in [0.05, 0.1) is 45.2 Å². The third-order valence-electron chi connectivity index (χ3n) is 13.4. The highest BCUT2D eigenvalue weighted by Crippen LogP contribution is 2.37. The summed E-state index contributed by atoms with van der Waals surface area (Å²) in [5.41, 5.74) is 0. The van der Waals surface area contributed by atoms with Crippen molar-refractivity contribution in [2.24, 2.45) is 5.92 Å². The van der Waals surface area contributed by atoms with E-state index >= 15 is 0 Å². The Bertz CT molecular complexity index is 1530. The molecule has 0 aromatic rings. The molecule has 0 radical (unpaired) electrons. The van der Waals surface area contributed by atoms with Gasteiger partial charge >= 0.3 is 0 Å². The maximum absolute atomic E-state index is 11.3. The van der Waals surface area contributed by atoms with E-state index in [0.29, 0.717) is 0 Å². The molecule has 0 aromatic heterocycles. The van der Waals surface area contributed by atoms with Gasteiger partial charge in [-0.3, -0.25) is 0 Å². The summed E-state index contributed by atoms with van der Waals surface area (Å²) in [5.74, 6) is -0.889. The molecular weight excluding hydrogens is 948 g/mol. The van der Waals surface area contributed by atoms with E-state index in [9.17, 15) is 91.9 Å². The highest BCUT2D eigenvalue weighted by atomic mass is 16.8. The van der Waals surface area contributed by atoms with Gasteiger partial charge in [0.1, 0.15) is 134 Å². The largest absolute Gasteiger partial charge is 0.396 e. The maximum atomic E-state index is 11.3. The first-order valence-electron chi connectivity index (χ1n) is 22.3. The molecule has 5 aliphatic heterocycles. The van der Waals surface area contributed by atoms with Gasteiger partial charge in [-0.1, -0.05) is 0 Å². The standard InChI is InChI=1S/C39H68O30/c1-58-30-12(5-41)61-36(26(54)20(30)48)66-31-13(6-42)62-37(27(55)22(31)50)67-32-14(7-43)63-38(28(56)23(32)51)68-33-15(8-44)64-39(29(57)24(33)52)69-34-16(65-35(59-2)25(53)21(34)49)9-60-11-3-10(4-40)17(45)19(47)18(11)46/h10-57H,3-9H2,1-2H3. The van der Waals surface area contributed by atoms with Gasteiger partial charge in [0.15, 0.2) is 31.5 Å². The van der Waals surface area contributed by atoms with Crippen LogP contribution in [0.15, 0.2) is 0 Å². The summed E-state index contributed by atoms with van der Waals surface area (Å²) >= 11 is 0. The van der Waals surface area contributed by atoms with Crippen LogP contribution in [-0.2, 0) is 56.8 Å². The van der Waals surface area contributed by atoms with E-state index in [1.807, 2.05) is 0 Å². The SMILES string of the molecule is COC1OC(COC2CC(CO)C(O)C(O)C2O)C(OC2OC(CO)C(OC3OC(CO)C(OC4OC(CO)C(OC5OC(CO)C(OC)C(O)C5O)C(O)C4O)C(O)C3O)C(O)C2O)C(O)C1O. The van der Waals surface area contributed by atoms with E-state index in [2.05, 4.69) is 0 Å². The molecule has 69 heavy (non-hydrogen) atoms. The Balaban J connectivity index is 1.09. The molecule has 5 heterocycles. The first kappa shape index (κ1) is 57.1. The zero-order valence-corrected chi connectivity index (χ0v) is 37.2. The lowest BCUT2D eigenvalue weighted by Gasteiger charge is -2.49. The minimum Gasteiger partial charge on any atom is -0.396 e. The Morgan fingerprint density at radius 2 is 0.652 bits per heavy atom. The van der Waals surface area contributed by atoms with Crippen LogP contribution in [0.2, 0.25) is 0 Å². The molecule has 18 N–H and O–H groups in total. The average Bonchev–Trinajstić information content (AvgIpc) is 3.34. The van der Waals surface area contributed by atoms with E-state index in [0.717, 1.165) is 7.11 Å². The molecule has 6 rings (SSSR count). The van der Waals surface area contributed by atoms with Crippen LogP contribution in [0, 0.1) is 5.92 Å². The third kappa shape index (κ3) is 11.9. The highest BCUT2D eigenvalue weighted by molar-refractivity contribution is 5.00. The van der Waals surface area contributed by atoms with Gasteiger partial charge in [0.2, 0.25) is 0 Å². The Morgan fingerprint density at radius 1 is 0.333 bits per heavy atom. The van der Waals surface area contributed by atoms with Crippen molar-refractivity contribution in [3.05, 3.63) is 0 Å². The fourth-order valence-electron chi connectivity index (χ4n) is 9.32. The van der Waals surface area contributed by atoms with Crippen molar-refractivity contribution in [1.29, 1.82) is 0 Å². The van der Waals surface area contributed by atoms with Crippen LogP contribution in [0.4, 0.5) is 0 Å². The average molecular weight is 1020 g/mol. The summed E-state index contributed by atoms with van der Waals surface area (Å²) < 4.78 is 67.0. The fraction of sp³-hybridized carbons (Fsp3) is 1.00. The lowest BCUT2D eigenvalue weighted by Crippen LogP contribution is -2.68. The van der Waals surface area contributed by atoms with E-state index in [4.69, 9.17) is 56.8 Å². The minimum atomic E-state index is -2.15. The highest BCUT2D eigenvalue weighted by Gasteiger charge is 2.57. The summed E-state index contributed by atoms with van der Waals surface area (Å²) in [6, 6.07) is 0. The lowest BCUT2D eigenvalue weighted by molar-refractivity contribution is -0.393. The first-order chi connectivity index (χ1) is 32.8. The zero-order chi connectivity index (χ0) is 50.8. The van der Waals surface area contributed by atoms with Crippen molar-refractivity contribution < 1.29 is 149 Å². The second kappa shape index (κ2) is 24.9. The fourth-order valence-corrected chi connectivity index (χ4v) is 9.32. The molecule has 6 aliphatic rings. The molecule has 0 amide bonds. The van der Waals surface area contributed by atoms with Gasteiger partial charge in [-0.2, -0.15) is 0 Å². The Labute approximate surface area is 392 Å². The molecule has 0 spiro atoms.